The first-order chi connectivity index (χ1) is 6.74. The van der Waals surface area contributed by atoms with Gasteiger partial charge >= 0.3 is 5.97 Å². The lowest BCUT2D eigenvalue weighted by atomic mass is 10.3. The Labute approximate surface area is 80.3 Å². The van der Waals surface area contributed by atoms with Crippen molar-refractivity contribution in [1.82, 2.24) is 15.3 Å². The van der Waals surface area contributed by atoms with Gasteiger partial charge in [0.2, 0.25) is 0 Å². The van der Waals surface area contributed by atoms with E-state index in [1.165, 1.54) is 25.8 Å². The normalized spacial score (nSPS) is 9.21. The molecule has 1 N–H and O–H groups in total. The third kappa shape index (κ3) is 2.81. The fourth-order valence-corrected chi connectivity index (χ4v) is 0.743. The quantitative estimate of drug-likeness (QED) is 0.650. The van der Waals surface area contributed by atoms with Gasteiger partial charge in [0.05, 0.1) is 12.7 Å². The van der Waals surface area contributed by atoms with E-state index in [4.69, 9.17) is 0 Å². The van der Waals surface area contributed by atoms with Crippen LogP contribution in [0.25, 0.3) is 0 Å². The lowest BCUT2D eigenvalue weighted by Crippen LogP contribution is -2.30. The summed E-state index contributed by atoms with van der Waals surface area (Å²) in [5.41, 5.74) is 0.302. The predicted octanol–water partition coefficient (Wildman–Crippen LogP) is -0.621. The zero-order chi connectivity index (χ0) is 10.4. The number of nitrogens with zero attached hydrogens (tertiary/aromatic N) is 2. The van der Waals surface area contributed by atoms with Crippen molar-refractivity contribution in [1.29, 1.82) is 0 Å². The number of carbonyl (C=O) groups excluding carboxylic acids is 2. The smallest absolute Gasteiger partial charge is 0.325 e. The number of ether oxygens (including phenoxy) is 1. The van der Waals surface area contributed by atoms with Gasteiger partial charge < -0.3 is 10.1 Å². The maximum atomic E-state index is 11.3. The standard InChI is InChI=1S/C8H9N3O3/c1-14-7(12)4-11-8(13)6-2-9-5-10-3-6/h2-3,5H,4H2,1H3,(H,11,13). The van der Waals surface area contributed by atoms with Crippen molar-refractivity contribution >= 4 is 11.9 Å². The zero-order valence-corrected chi connectivity index (χ0v) is 7.56. The molecule has 0 aliphatic heterocycles. The van der Waals surface area contributed by atoms with E-state index >= 15 is 0 Å². The summed E-state index contributed by atoms with van der Waals surface area (Å²) >= 11 is 0. The topological polar surface area (TPSA) is 81.2 Å². The van der Waals surface area contributed by atoms with E-state index < -0.39 is 11.9 Å². The Morgan fingerprint density at radius 1 is 1.43 bits per heavy atom. The molecule has 0 bridgehead atoms. The van der Waals surface area contributed by atoms with Crippen molar-refractivity contribution in [3.8, 4) is 0 Å². The molecule has 0 unspecified atom stereocenters. The summed E-state index contributed by atoms with van der Waals surface area (Å²) in [7, 11) is 1.25. The molecule has 1 amide bonds. The SMILES string of the molecule is COC(=O)CNC(=O)c1cncnc1. The minimum absolute atomic E-state index is 0.162. The van der Waals surface area contributed by atoms with Gasteiger partial charge in [0.25, 0.3) is 5.91 Å². The van der Waals surface area contributed by atoms with Crippen LogP contribution >= 0.6 is 0 Å². The summed E-state index contributed by atoms with van der Waals surface area (Å²) < 4.78 is 4.35. The first-order valence-electron chi connectivity index (χ1n) is 3.84. The molecule has 0 aliphatic rings. The van der Waals surface area contributed by atoms with E-state index in [2.05, 4.69) is 20.0 Å². The van der Waals surface area contributed by atoms with Gasteiger partial charge in [0.15, 0.2) is 0 Å². The highest BCUT2D eigenvalue weighted by Gasteiger charge is 2.07. The van der Waals surface area contributed by atoms with Gasteiger partial charge in [-0.05, 0) is 0 Å². The molecule has 6 heteroatoms. The maximum Gasteiger partial charge on any atom is 0.325 e. The molecular weight excluding hydrogens is 186 g/mol. The summed E-state index contributed by atoms with van der Waals surface area (Å²) in [5, 5.41) is 2.36. The largest absolute Gasteiger partial charge is 0.468 e. The highest BCUT2D eigenvalue weighted by molar-refractivity contribution is 5.95. The highest BCUT2D eigenvalue weighted by atomic mass is 16.5. The van der Waals surface area contributed by atoms with E-state index in [0.29, 0.717) is 5.56 Å². The fraction of sp³-hybridized carbons (Fsp3) is 0.250. The van der Waals surface area contributed by atoms with Crippen molar-refractivity contribution in [3.63, 3.8) is 0 Å². The molecule has 0 fully saturated rings. The number of amides is 1. The number of rotatable bonds is 3. The van der Waals surface area contributed by atoms with Crippen LogP contribution in [-0.4, -0.2) is 35.5 Å². The molecule has 1 aromatic heterocycles. The molecule has 74 valence electrons. The molecule has 0 saturated carbocycles. The van der Waals surface area contributed by atoms with Gasteiger partial charge in [0, 0.05) is 12.4 Å². The molecule has 1 heterocycles. The third-order valence-electron chi connectivity index (χ3n) is 1.44. The molecule has 0 atom stereocenters. The second-order valence-corrected chi connectivity index (χ2v) is 2.39. The third-order valence-corrected chi connectivity index (χ3v) is 1.44. The molecular formula is C8H9N3O3. The van der Waals surface area contributed by atoms with Crippen LogP contribution in [0.4, 0.5) is 0 Å². The van der Waals surface area contributed by atoms with Gasteiger partial charge in [-0.25, -0.2) is 9.97 Å². The zero-order valence-electron chi connectivity index (χ0n) is 7.56. The van der Waals surface area contributed by atoms with Crippen molar-refractivity contribution < 1.29 is 14.3 Å². The Kier molecular flexibility index (Phi) is 3.54. The minimum Gasteiger partial charge on any atom is -0.468 e. The summed E-state index contributed by atoms with van der Waals surface area (Å²) in [6, 6.07) is 0. The molecule has 1 rings (SSSR count). The Bertz CT molecular complexity index is 326. The summed E-state index contributed by atoms with van der Waals surface area (Å²) in [4.78, 5) is 29.3. The van der Waals surface area contributed by atoms with Crippen LogP contribution in [0, 0.1) is 0 Å². The van der Waals surface area contributed by atoms with Gasteiger partial charge in [-0.2, -0.15) is 0 Å². The summed E-state index contributed by atoms with van der Waals surface area (Å²) in [6.45, 7) is -0.162. The molecule has 0 aliphatic carbocycles. The van der Waals surface area contributed by atoms with E-state index in [9.17, 15) is 9.59 Å². The van der Waals surface area contributed by atoms with Crippen LogP contribution < -0.4 is 5.32 Å². The average molecular weight is 195 g/mol. The van der Waals surface area contributed by atoms with Crippen molar-refractivity contribution in [2.75, 3.05) is 13.7 Å². The molecule has 0 spiro atoms. The van der Waals surface area contributed by atoms with Gasteiger partial charge in [-0.3, -0.25) is 9.59 Å². The number of carbonyl (C=O) groups is 2. The molecule has 0 aromatic carbocycles. The van der Waals surface area contributed by atoms with Crippen molar-refractivity contribution in [2.24, 2.45) is 0 Å². The molecule has 0 saturated heterocycles. The van der Waals surface area contributed by atoms with Crippen LogP contribution in [0.5, 0.6) is 0 Å². The van der Waals surface area contributed by atoms with E-state index in [0.717, 1.165) is 0 Å². The van der Waals surface area contributed by atoms with Gasteiger partial charge in [0.1, 0.15) is 12.9 Å². The monoisotopic (exact) mass is 195 g/mol. The summed E-state index contributed by atoms with van der Waals surface area (Å²) in [5.74, 6) is -0.911. The maximum absolute atomic E-state index is 11.3. The predicted molar refractivity (Wildman–Crippen MR) is 46.4 cm³/mol. The molecule has 6 nitrogen and oxygen atoms in total. The van der Waals surface area contributed by atoms with Crippen LogP contribution in [0.15, 0.2) is 18.7 Å². The van der Waals surface area contributed by atoms with Crippen LogP contribution in [-0.2, 0) is 9.53 Å². The number of aromatic nitrogens is 2. The first-order valence-corrected chi connectivity index (χ1v) is 3.84. The molecule has 0 radical (unpaired) electrons. The number of nitrogens with one attached hydrogen (secondary N) is 1. The van der Waals surface area contributed by atoms with E-state index in [1.54, 1.807) is 0 Å². The Balaban J connectivity index is 2.48. The van der Waals surface area contributed by atoms with Crippen molar-refractivity contribution in [3.05, 3.63) is 24.3 Å². The van der Waals surface area contributed by atoms with Crippen LogP contribution in [0.2, 0.25) is 0 Å². The van der Waals surface area contributed by atoms with Crippen LogP contribution in [0.3, 0.4) is 0 Å². The van der Waals surface area contributed by atoms with Gasteiger partial charge in [-0.15, -0.1) is 0 Å². The lowest BCUT2D eigenvalue weighted by molar-refractivity contribution is -0.139. The number of hydrogen-bond acceptors (Lipinski definition) is 5. The minimum atomic E-state index is -0.504. The Morgan fingerprint density at radius 2 is 2.07 bits per heavy atom. The van der Waals surface area contributed by atoms with Gasteiger partial charge in [-0.1, -0.05) is 0 Å². The number of methoxy groups -OCH3 is 1. The Hall–Kier alpha value is -1.98. The Morgan fingerprint density at radius 3 is 2.64 bits per heavy atom. The van der Waals surface area contributed by atoms with E-state index in [1.807, 2.05) is 0 Å². The van der Waals surface area contributed by atoms with Crippen molar-refractivity contribution in [2.45, 2.75) is 0 Å². The molecule has 14 heavy (non-hydrogen) atoms. The van der Waals surface area contributed by atoms with Crippen LogP contribution in [0.1, 0.15) is 10.4 Å². The van der Waals surface area contributed by atoms with E-state index in [-0.39, 0.29) is 6.54 Å². The highest BCUT2D eigenvalue weighted by Crippen LogP contribution is 1.91. The second-order valence-electron chi connectivity index (χ2n) is 2.39. The second kappa shape index (κ2) is 4.90. The average Bonchev–Trinajstić information content (AvgIpc) is 2.26. The fourth-order valence-electron chi connectivity index (χ4n) is 0.743. The first kappa shape index (κ1) is 10.1. The lowest BCUT2D eigenvalue weighted by Gasteiger charge is -2.02. The number of esters is 1. The molecule has 1 aromatic rings. The summed E-state index contributed by atoms with van der Waals surface area (Å²) in [6.07, 6.45) is 4.04. The number of hydrogen-bond donors (Lipinski definition) is 1.